The van der Waals surface area contributed by atoms with Crippen molar-refractivity contribution in [3.8, 4) is 11.5 Å². The van der Waals surface area contributed by atoms with Crippen LogP contribution in [0.5, 0.6) is 11.5 Å². The number of hydrogen-bond acceptors (Lipinski definition) is 4. The number of methoxy groups -OCH3 is 3. The van der Waals surface area contributed by atoms with Crippen molar-refractivity contribution in [2.45, 2.75) is 45.4 Å². The number of rotatable bonds is 12. The number of hydrogen-bond donors (Lipinski definition) is 2. The number of nitrogens with zero attached hydrogens (tertiary/aromatic N) is 1. The van der Waals surface area contributed by atoms with Gasteiger partial charge in [0, 0.05) is 33.4 Å². The van der Waals surface area contributed by atoms with E-state index in [1.807, 2.05) is 12.1 Å². The SMILES string of the molecule is CCNC(=NCC1(CCOC)CCC1)NCCCc1ccc(OC)c(OC)c1.I. The van der Waals surface area contributed by atoms with Gasteiger partial charge in [0.25, 0.3) is 0 Å². The van der Waals surface area contributed by atoms with Crippen molar-refractivity contribution in [2.75, 3.05) is 47.6 Å². The topological polar surface area (TPSA) is 64.1 Å². The summed E-state index contributed by atoms with van der Waals surface area (Å²) in [6.07, 6.45) is 6.94. The van der Waals surface area contributed by atoms with E-state index in [0.29, 0.717) is 5.41 Å². The quantitative estimate of drug-likeness (QED) is 0.189. The molecule has 0 heterocycles. The Hall–Kier alpha value is -1.22. The summed E-state index contributed by atoms with van der Waals surface area (Å²) in [4.78, 5) is 4.86. The van der Waals surface area contributed by atoms with Crippen LogP contribution in [0.1, 0.15) is 44.6 Å². The minimum atomic E-state index is 0. The van der Waals surface area contributed by atoms with Crippen molar-refractivity contribution in [2.24, 2.45) is 10.4 Å². The molecule has 1 aromatic rings. The summed E-state index contributed by atoms with van der Waals surface area (Å²) < 4.78 is 16.0. The van der Waals surface area contributed by atoms with Crippen LogP contribution in [0.4, 0.5) is 0 Å². The van der Waals surface area contributed by atoms with Crippen LogP contribution in [-0.2, 0) is 11.2 Å². The lowest BCUT2D eigenvalue weighted by Crippen LogP contribution is -2.40. The first-order chi connectivity index (χ1) is 13.7. The third-order valence-electron chi connectivity index (χ3n) is 5.55. The highest BCUT2D eigenvalue weighted by atomic mass is 127. The minimum Gasteiger partial charge on any atom is -0.493 e. The van der Waals surface area contributed by atoms with Crippen molar-refractivity contribution in [3.05, 3.63) is 23.8 Å². The van der Waals surface area contributed by atoms with Gasteiger partial charge in [-0.05, 0) is 62.1 Å². The number of guanidine groups is 1. The third-order valence-corrected chi connectivity index (χ3v) is 5.55. The molecule has 6 nitrogen and oxygen atoms in total. The van der Waals surface area contributed by atoms with Gasteiger partial charge >= 0.3 is 0 Å². The second kappa shape index (κ2) is 13.9. The van der Waals surface area contributed by atoms with E-state index in [2.05, 4.69) is 23.6 Å². The molecule has 0 bridgehead atoms. The molecular formula is C22H38IN3O3. The Morgan fingerprint density at radius 3 is 2.45 bits per heavy atom. The van der Waals surface area contributed by atoms with Crippen LogP contribution < -0.4 is 20.1 Å². The van der Waals surface area contributed by atoms with Crippen molar-refractivity contribution < 1.29 is 14.2 Å². The number of nitrogens with one attached hydrogen (secondary N) is 2. The van der Waals surface area contributed by atoms with Crippen LogP contribution >= 0.6 is 24.0 Å². The zero-order chi connectivity index (χ0) is 20.2. The fraction of sp³-hybridized carbons (Fsp3) is 0.682. The number of aliphatic imine (C=N–C) groups is 1. The molecule has 7 heteroatoms. The predicted molar refractivity (Wildman–Crippen MR) is 130 cm³/mol. The lowest BCUT2D eigenvalue weighted by molar-refractivity contribution is 0.0778. The molecule has 0 unspecified atom stereocenters. The highest BCUT2D eigenvalue weighted by molar-refractivity contribution is 14.0. The van der Waals surface area contributed by atoms with Gasteiger partial charge in [-0.2, -0.15) is 0 Å². The molecule has 0 saturated heterocycles. The van der Waals surface area contributed by atoms with Crippen molar-refractivity contribution >= 4 is 29.9 Å². The first kappa shape index (κ1) is 25.8. The van der Waals surface area contributed by atoms with Crippen LogP contribution in [-0.4, -0.2) is 53.5 Å². The van der Waals surface area contributed by atoms with Gasteiger partial charge in [-0.15, -0.1) is 24.0 Å². The zero-order valence-corrected chi connectivity index (χ0v) is 20.7. The van der Waals surface area contributed by atoms with E-state index >= 15 is 0 Å². The minimum absolute atomic E-state index is 0. The van der Waals surface area contributed by atoms with E-state index in [4.69, 9.17) is 19.2 Å². The smallest absolute Gasteiger partial charge is 0.191 e. The van der Waals surface area contributed by atoms with Crippen LogP contribution in [0, 0.1) is 5.41 Å². The second-order valence-corrected chi connectivity index (χ2v) is 7.51. The fourth-order valence-electron chi connectivity index (χ4n) is 3.61. The molecule has 1 aliphatic carbocycles. The molecule has 0 amide bonds. The molecule has 29 heavy (non-hydrogen) atoms. The molecular weight excluding hydrogens is 481 g/mol. The molecule has 0 aromatic heterocycles. The lowest BCUT2D eigenvalue weighted by atomic mass is 9.67. The average Bonchev–Trinajstić information content (AvgIpc) is 2.69. The first-order valence-corrected chi connectivity index (χ1v) is 10.4. The van der Waals surface area contributed by atoms with Gasteiger partial charge < -0.3 is 24.8 Å². The van der Waals surface area contributed by atoms with E-state index in [-0.39, 0.29) is 24.0 Å². The van der Waals surface area contributed by atoms with E-state index < -0.39 is 0 Å². The maximum atomic E-state index is 5.38. The first-order valence-electron chi connectivity index (χ1n) is 10.4. The van der Waals surface area contributed by atoms with E-state index in [9.17, 15) is 0 Å². The predicted octanol–water partition coefficient (Wildman–Crippen LogP) is 4.02. The van der Waals surface area contributed by atoms with Gasteiger partial charge in [-0.1, -0.05) is 12.5 Å². The zero-order valence-electron chi connectivity index (χ0n) is 18.4. The average molecular weight is 519 g/mol. The second-order valence-electron chi connectivity index (χ2n) is 7.51. The van der Waals surface area contributed by atoms with Crippen molar-refractivity contribution in [1.82, 2.24) is 10.6 Å². The Morgan fingerprint density at radius 1 is 1.10 bits per heavy atom. The molecule has 1 fully saturated rings. The van der Waals surface area contributed by atoms with Crippen LogP contribution in [0.3, 0.4) is 0 Å². The molecule has 1 aliphatic rings. The maximum Gasteiger partial charge on any atom is 0.191 e. The Morgan fingerprint density at radius 2 is 1.86 bits per heavy atom. The molecule has 0 atom stereocenters. The number of aryl methyl sites for hydroxylation is 1. The molecule has 0 spiro atoms. The summed E-state index contributed by atoms with van der Waals surface area (Å²) in [5.74, 6) is 2.47. The van der Waals surface area contributed by atoms with E-state index in [1.165, 1.54) is 24.8 Å². The molecule has 2 rings (SSSR count). The van der Waals surface area contributed by atoms with Gasteiger partial charge in [-0.25, -0.2) is 0 Å². The maximum absolute atomic E-state index is 5.38. The highest BCUT2D eigenvalue weighted by Gasteiger charge is 2.36. The van der Waals surface area contributed by atoms with E-state index in [1.54, 1.807) is 21.3 Å². The summed E-state index contributed by atoms with van der Waals surface area (Å²) in [6.45, 7) is 5.55. The molecule has 1 saturated carbocycles. The van der Waals surface area contributed by atoms with Gasteiger partial charge in [-0.3, -0.25) is 4.99 Å². The highest BCUT2D eigenvalue weighted by Crippen LogP contribution is 2.44. The monoisotopic (exact) mass is 519 g/mol. The Kier molecular flexibility index (Phi) is 12.4. The van der Waals surface area contributed by atoms with Gasteiger partial charge in [0.2, 0.25) is 0 Å². The molecule has 1 aromatic carbocycles. The summed E-state index contributed by atoms with van der Waals surface area (Å²) in [6, 6.07) is 6.11. The Labute approximate surface area is 193 Å². The van der Waals surface area contributed by atoms with Crippen LogP contribution in [0.15, 0.2) is 23.2 Å². The van der Waals surface area contributed by atoms with Gasteiger partial charge in [0.15, 0.2) is 17.5 Å². The fourth-order valence-corrected chi connectivity index (χ4v) is 3.61. The number of ether oxygens (including phenoxy) is 3. The van der Waals surface area contributed by atoms with Crippen LogP contribution in [0.25, 0.3) is 0 Å². The summed E-state index contributed by atoms with van der Waals surface area (Å²) in [7, 11) is 5.11. The normalized spacial score (nSPS) is 15.1. The summed E-state index contributed by atoms with van der Waals surface area (Å²) in [5.41, 5.74) is 1.59. The molecule has 0 aliphatic heterocycles. The lowest BCUT2D eigenvalue weighted by Gasteiger charge is -2.40. The van der Waals surface area contributed by atoms with Crippen LogP contribution in [0.2, 0.25) is 0 Å². The van der Waals surface area contributed by atoms with Gasteiger partial charge in [0.1, 0.15) is 0 Å². The standard InChI is InChI=1S/C22H37N3O3.HI/c1-5-23-21(25-17-22(11-7-12-22)13-15-26-2)24-14-6-8-18-9-10-19(27-3)20(16-18)28-4;/h9-10,16H,5-8,11-15,17H2,1-4H3,(H2,23,24,25);1H. The summed E-state index contributed by atoms with van der Waals surface area (Å²) >= 11 is 0. The summed E-state index contributed by atoms with van der Waals surface area (Å²) in [5, 5.41) is 6.83. The van der Waals surface area contributed by atoms with Gasteiger partial charge in [0.05, 0.1) is 14.2 Å². The molecule has 166 valence electrons. The number of halogens is 1. The largest absolute Gasteiger partial charge is 0.493 e. The van der Waals surface area contributed by atoms with Crippen molar-refractivity contribution in [1.29, 1.82) is 0 Å². The molecule has 2 N–H and O–H groups in total. The van der Waals surface area contributed by atoms with Crippen molar-refractivity contribution in [3.63, 3.8) is 0 Å². The Bertz CT molecular complexity index is 621. The number of benzene rings is 1. The third kappa shape index (κ3) is 8.20. The molecule has 0 radical (unpaired) electrons. The Balaban J connectivity index is 0.00000420. The van der Waals surface area contributed by atoms with E-state index in [0.717, 1.165) is 63.0 Å².